The molecule has 1 aliphatic heterocycles. The highest BCUT2D eigenvalue weighted by Gasteiger charge is 2.53. The van der Waals surface area contributed by atoms with E-state index in [1.807, 2.05) is 6.20 Å². The Labute approximate surface area is 349 Å². The Morgan fingerprint density at radius 1 is 0.317 bits per heavy atom. The van der Waals surface area contributed by atoms with E-state index in [1.165, 1.54) is 100 Å². The van der Waals surface area contributed by atoms with Gasteiger partial charge in [0.25, 0.3) is 0 Å². The fraction of sp³-hybridized carbons (Fsp3) is 0.0702. The molecule has 4 aliphatic carbocycles. The van der Waals surface area contributed by atoms with Crippen molar-refractivity contribution < 1.29 is 0 Å². The van der Waals surface area contributed by atoms with Crippen LogP contribution >= 0.6 is 0 Å². The normalized spacial score (nSPS) is 15.7. The zero-order valence-corrected chi connectivity index (χ0v) is 32.8. The van der Waals surface area contributed by atoms with E-state index in [4.69, 9.17) is 4.98 Å². The summed E-state index contributed by atoms with van der Waals surface area (Å²) < 4.78 is 0. The molecule has 3 heteroatoms. The molecular formula is C57H37N3. The van der Waals surface area contributed by atoms with E-state index in [0.29, 0.717) is 0 Å². The molecule has 0 fully saturated rings. The number of aromatic nitrogens is 1. The molecule has 8 aromatic carbocycles. The first kappa shape index (κ1) is 32.5. The van der Waals surface area contributed by atoms with E-state index >= 15 is 0 Å². The summed E-state index contributed by atoms with van der Waals surface area (Å²) in [5.74, 6) is 0.982. The lowest BCUT2D eigenvalue weighted by Gasteiger charge is -2.39. The number of rotatable bonds is 2. The molecule has 280 valence electrons. The molecule has 14 rings (SSSR count). The molecule has 9 aromatic rings. The van der Waals surface area contributed by atoms with Gasteiger partial charge in [-0.15, -0.1) is 0 Å². The summed E-state index contributed by atoms with van der Waals surface area (Å²) >= 11 is 0. The van der Waals surface area contributed by atoms with Crippen LogP contribution in [0, 0.1) is 0 Å². The fourth-order valence-corrected chi connectivity index (χ4v) is 12.3. The van der Waals surface area contributed by atoms with Crippen molar-refractivity contribution in [2.24, 2.45) is 0 Å². The van der Waals surface area contributed by atoms with Crippen LogP contribution in [0.25, 0.3) is 44.5 Å². The lowest BCUT2D eigenvalue weighted by molar-refractivity contribution is 0.786. The smallest absolute Gasteiger partial charge is 0.157 e. The van der Waals surface area contributed by atoms with Crippen LogP contribution in [-0.2, 0) is 10.8 Å². The van der Waals surface area contributed by atoms with Gasteiger partial charge in [-0.3, -0.25) is 0 Å². The van der Waals surface area contributed by atoms with Crippen LogP contribution in [-0.4, -0.2) is 18.1 Å². The molecule has 2 heterocycles. The molecule has 0 bridgehead atoms. The van der Waals surface area contributed by atoms with Crippen LogP contribution in [0.5, 0.6) is 0 Å². The summed E-state index contributed by atoms with van der Waals surface area (Å²) in [6.07, 6.45) is 1.95. The van der Waals surface area contributed by atoms with Gasteiger partial charge < -0.3 is 9.80 Å². The van der Waals surface area contributed by atoms with Crippen LogP contribution in [0.4, 0.5) is 22.9 Å². The fourth-order valence-electron chi connectivity index (χ4n) is 12.3. The first-order valence-corrected chi connectivity index (χ1v) is 21.2. The zero-order valence-electron chi connectivity index (χ0n) is 32.8. The highest BCUT2D eigenvalue weighted by atomic mass is 15.3. The monoisotopic (exact) mass is 763 g/mol. The molecule has 0 saturated carbocycles. The second-order valence-corrected chi connectivity index (χ2v) is 16.9. The van der Waals surface area contributed by atoms with Crippen LogP contribution in [0.15, 0.2) is 200 Å². The lowest BCUT2D eigenvalue weighted by Crippen LogP contribution is -2.37. The molecule has 5 aliphatic rings. The van der Waals surface area contributed by atoms with E-state index in [0.717, 1.165) is 24.6 Å². The second kappa shape index (κ2) is 11.6. The van der Waals surface area contributed by atoms with Crippen molar-refractivity contribution in [2.75, 3.05) is 22.9 Å². The van der Waals surface area contributed by atoms with Gasteiger partial charge in [-0.2, -0.15) is 0 Å². The van der Waals surface area contributed by atoms with Crippen LogP contribution < -0.4 is 9.80 Å². The Morgan fingerprint density at radius 3 is 1.05 bits per heavy atom. The lowest BCUT2D eigenvalue weighted by atomic mass is 9.70. The first-order chi connectivity index (χ1) is 29.8. The predicted octanol–water partition coefficient (Wildman–Crippen LogP) is 13.1. The highest BCUT2D eigenvalue weighted by molar-refractivity contribution is 5.98. The van der Waals surface area contributed by atoms with Gasteiger partial charge in [-0.1, -0.05) is 158 Å². The SMILES string of the molecule is c1ccc2c(c1)-c1ccccc1C21c2ccccc2-c2ccc(N3CCN(c4ccc5c(c4)C4(c6ccccc6-c6ccccc64)c4ccccc4-5)c4ncccc43)cc21. The first-order valence-electron chi connectivity index (χ1n) is 21.2. The molecule has 1 aromatic heterocycles. The summed E-state index contributed by atoms with van der Waals surface area (Å²) in [6.45, 7) is 1.61. The standard InChI is InChI=1S/C57H37N3/c1-7-20-46-38(14-1)39-15-2-8-21-47(39)56(46)50-24-11-5-18-42(50)44-29-27-36(34-52(44)56)59-32-33-60(55-54(59)26-13-31-58-55)37-28-30-45-43-19-6-12-25-51(43)57(53(45)35-37)48-22-9-3-16-40(48)41-17-4-10-23-49(41)57/h1-31,34-35H,32-33H2. The summed E-state index contributed by atoms with van der Waals surface area (Å²) in [4.78, 5) is 10.1. The molecule has 0 radical (unpaired) electrons. The van der Waals surface area contributed by atoms with Gasteiger partial charge in [0.1, 0.15) is 0 Å². The van der Waals surface area contributed by atoms with E-state index in [1.54, 1.807) is 0 Å². The van der Waals surface area contributed by atoms with Crippen molar-refractivity contribution >= 4 is 22.9 Å². The minimum atomic E-state index is -0.390. The van der Waals surface area contributed by atoms with Gasteiger partial charge in [0, 0.05) is 30.7 Å². The zero-order chi connectivity index (χ0) is 39.2. The molecule has 2 spiro atoms. The van der Waals surface area contributed by atoms with Crippen LogP contribution in [0.1, 0.15) is 44.5 Å². The third-order valence-electron chi connectivity index (χ3n) is 14.4. The average Bonchev–Trinajstić information content (AvgIpc) is 4.00. The number of benzene rings is 8. The number of hydrogen-bond donors (Lipinski definition) is 0. The molecule has 3 nitrogen and oxygen atoms in total. The molecule has 0 amide bonds. The van der Waals surface area contributed by atoms with Gasteiger partial charge in [0.05, 0.1) is 16.5 Å². The summed E-state index contributed by atoms with van der Waals surface area (Å²) in [6, 6.07) is 73.0. The van der Waals surface area contributed by atoms with E-state index in [9.17, 15) is 0 Å². The molecule has 0 atom stereocenters. The number of hydrogen-bond acceptors (Lipinski definition) is 3. The van der Waals surface area contributed by atoms with E-state index < -0.39 is 0 Å². The largest absolute Gasteiger partial charge is 0.337 e. The summed E-state index contributed by atoms with van der Waals surface area (Å²) in [5.41, 5.74) is 24.2. The second-order valence-electron chi connectivity index (χ2n) is 16.9. The van der Waals surface area contributed by atoms with Crippen LogP contribution in [0.2, 0.25) is 0 Å². The van der Waals surface area contributed by atoms with Gasteiger partial charge in [-0.05, 0) is 125 Å². The Morgan fingerprint density at radius 2 is 0.650 bits per heavy atom. The molecule has 0 N–H and O–H groups in total. The Balaban J connectivity index is 0.921. The van der Waals surface area contributed by atoms with Crippen molar-refractivity contribution in [2.45, 2.75) is 10.8 Å². The van der Waals surface area contributed by atoms with Crippen molar-refractivity contribution in [3.05, 3.63) is 245 Å². The number of anilines is 4. The topological polar surface area (TPSA) is 19.4 Å². The van der Waals surface area contributed by atoms with Crippen molar-refractivity contribution in [1.29, 1.82) is 0 Å². The maximum absolute atomic E-state index is 5.17. The van der Waals surface area contributed by atoms with Crippen LogP contribution in [0.3, 0.4) is 0 Å². The highest BCUT2D eigenvalue weighted by Crippen LogP contribution is 2.65. The Bertz CT molecular complexity index is 2970. The van der Waals surface area contributed by atoms with Gasteiger partial charge in [0.15, 0.2) is 5.82 Å². The quantitative estimate of drug-likeness (QED) is 0.175. The van der Waals surface area contributed by atoms with Crippen molar-refractivity contribution in [3.8, 4) is 44.5 Å². The molecular weight excluding hydrogens is 727 g/mol. The summed E-state index contributed by atoms with van der Waals surface area (Å²) in [7, 11) is 0. The minimum Gasteiger partial charge on any atom is -0.337 e. The molecule has 0 unspecified atom stereocenters. The number of pyridine rings is 1. The maximum atomic E-state index is 5.17. The van der Waals surface area contributed by atoms with Gasteiger partial charge in [0.2, 0.25) is 0 Å². The summed E-state index contributed by atoms with van der Waals surface area (Å²) in [5, 5.41) is 0. The Kier molecular flexibility index (Phi) is 6.27. The third kappa shape index (κ3) is 3.80. The third-order valence-corrected chi connectivity index (χ3v) is 14.4. The van der Waals surface area contributed by atoms with E-state index in [-0.39, 0.29) is 10.8 Å². The molecule has 60 heavy (non-hydrogen) atoms. The average molecular weight is 764 g/mol. The Hall–Kier alpha value is -7.49. The van der Waals surface area contributed by atoms with E-state index in [2.05, 4.69) is 204 Å². The van der Waals surface area contributed by atoms with Gasteiger partial charge in [-0.25, -0.2) is 4.98 Å². The predicted molar refractivity (Wildman–Crippen MR) is 244 cm³/mol. The maximum Gasteiger partial charge on any atom is 0.157 e. The minimum absolute atomic E-state index is 0.385. The number of nitrogens with zero attached hydrogens (tertiary/aromatic N) is 3. The van der Waals surface area contributed by atoms with Crippen molar-refractivity contribution in [3.63, 3.8) is 0 Å². The van der Waals surface area contributed by atoms with Crippen molar-refractivity contribution in [1.82, 2.24) is 4.98 Å². The van der Waals surface area contributed by atoms with Gasteiger partial charge >= 0.3 is 0 Å². The number of fused-ring (bicyclic) bond motifs is 21. The molecule has 0 saturated heterocycles.